The van der Waals surface area contributed by atoms with Crippen molar-refractivity contribution in [3.05, 3.63) is 71.6 Å². The van der Waals surface area contributed by atoms with Gasteiger partial charge in [-0.15, -0.1) is 0 Å². The zero-order valence-corrected chi connectivity index (χ0v) is 15.8. The van der Waals surface area contributed by atoms with Crippen LogP contribution in [0, 0.1) is 0 Å². The topological polar surface area (TPSA) is 81.4 Å². The number of halogens is 3. The highest BCUT2D eigenvalue weighted by Gasteiger charge is 2.30. The average molecular weight is 418 g/mol. The number of hydrogen-bond acceptors (Lipinski definition) is 5. The molecule has 0 atom stereocenters. The van der Waals surface area contributed by atoms with Gasteiger partial charge < -0.3 is 14.5 Å². The Morgan fingerprint density at radius 2 is 1.73 bits per heavy atom. The summed E-state index contributed by atoms with van der Waals surface area (Å²) in [6, 6.07) is 10.4. The minimum absolute atomic E-state index is 0.0166. The summed E-state index contributed by atoms with van der Waals surface area (Å²) in [6.45, 7) is 2.21. The Labute approximate surface area is 169 Å². The van der Waals surface area contributed by atoms with Gasteiger partial charge in [0, 0.05) is 11.3 Å². The van der Waals surface area contributed by atoms with Crippen molar-refractivity contribution in [3.8, 4) is 11.5 Å². The number of oxazole rings is 1. The van der Waals surface area contributed by atoms with Crippen LogP contribution in [0.3, 0.4) is 0 Å². The molecule has 0 aliphatic rings. The average Bonchev–Trinajstić information content (AvgIpc) is 3.22. The molecule has 1 heterocycles. The summed E-state index contributed by atoms with van der Waals surface area (Å²) in [5.41, 5.74) is 0.240. The van der Waals surface area contributed by atoms with E-state index in [1.165, 1.54) is 36.4 Å². The van der Waals surface area contributed by atoms with E-state index in [1.807, 2.05) is 6.92 Å². The first-order valence-corrected chi connectivity index (χ1v) is 8.99. The van der Waals surface area contributed by atoms with E-state index in [0.717, 1.165) is 18.4 Å². The summed E-state index contributed by atoms with van der Waals surface area (Å²) in [5.74, 6) is -1.01. The molecule has 3 aromatic rings. The van der Waals surface area contributed by atoms with E-state index in [4.69, 9.17) is 9.15 Å². The van der Waals surface area contributed by atoms with Gasteiger partial charge >= 0.3 is 12.1 Å². The highest BCUT2D eigenvalue weighted by atomic mass is 19.4. The van der Waals surface area contributed by atoms with Crippen molar-refractivity contribution >= 4 is 17.6 Å². The normalized spacial score (nSPS) is 11.2. The zero-order chi connectivity index (χ0) is 21.7. The molecule has 0 saturated heterocycles. The minimum Gasteiger partial charge on any atom is -0.462 e. The number of hydrogen-bond donors (Lipinski definition) is 1. The summed E-state index contributed by atoms with van der Waals surface area (Å²) in [5, 5.41) is 2.60. The maximum Gasteiger partial charge on any atom is 0.416 e. The lowest BCUT2D eigenvalue weighted by Gasteiger charge is -2.06. The Morgan fingerprint density at radius 1 is 1.07 bits per heavy atom. The Balaban J connectivity index is 1.66. The van der Waals surface area contributed by atoms with Crippen LogP contribution < -0.4 is 5.32 Å². The Kier molecular flexibility index (Phi) is 6.20. The molecule has 0 radical (unpaired) electrons. The molecule has 1 N–H and O–H groups in total. The summed E-state index contributed by atoms with van der Waals surface area (Å²) >= 11 is 0. The van der Waals surface area contributed by atoms with Crippen LogP contribution >= 0.6 is 0 Å². The second-order valence-electron chi connectivity index (χ2n) is 6.28. The van der Waals surface area contributed by atoms with E-state index in [0.29, 0.717) is 29.8 Å². The maximum atomic E-state index is 12.6. The lowest BCUT2D eigenvalue weighted by molar-refractivity contribution is -0.137. The maximum absolute atomic E-state index is 12.6. The van der Waals surface area contributed by atoms with E-state index < -0.39 is 23.6 Å². The number of nitrogens with one attached hydrogen (secondary N) is 1. The smallest absolute Gasteiger partial charge is 0.416 e. The molecular weight excluding hydrogens is 401 g/mol. The van der Waals surface area contributed by atoms with E-state index >= 15 is 0 Å². The Hall–Kier alpha value is -3.62. The van der Waals surface area contributed by atoms with Crippen LogP contribution in [0.25, 0.3) is 11.5 Å². The molecule has 0 spiro atoms. The first-order chi connectivity index (χ1) is 14.3. The van der Waals surface area contributed by atoms with Gasteiger partial charge in [-0.1, -0.05) is 6.92 Å². The third-order valence-electron chi connectivity index (χ3n) is 4.01. The highest BCUT2D eigenvalue weighted by Crippen LogP contribution is 2.30. The molecule has 0 unspecified atom stereocenters. The summed E-state index contributed by atoms with van der Waals surface area (Å²) in [7, 11) is 0. The van der Waals surface area contributed by atoms with Gasteiger partial charge in [0.15, 0.2) is 5.69 Å². The van der Waals surface area contributed by atoms with Gasteiger partial charge in [-0.25, -0.2) is 9.78 Å². The van der Waals surface area contributed by atoms with E-state index in [1.54, 1.807) is 0 Å². The summed E-state index contributed by atoms with van der Waals surface area (Å²) in [6.07, 6.45) is -2.62. The molecule has 0 fully saturated rings. The number of esters is 1. The lowest BCUT2D eigenvalue weighted by Crippen LogP contribution is -2.12. The molecule has 156 valence electrons. The SMILES string of the molecule is CCCOC(=O)c1ccc(NC(=O)c2coc(-c3ccc(C(F)(F)F)cc3)n2)cc1. The van der Waals surface area contributed by atoms with Gasteiger partial charge in [0.05, 0.1) is 17.7 Å². The molecule has 0 bridgehead atoms. The quantitative estimate of drug-likeness (QED) is 0.558. The van der Waals surface area contributed by atoms with E-state index in [9.17, 15) is 22.8 Å². The number of ether oxygens (including phenoxy) is 1. The number of benzene rings is 2. The number of alkyl halides is 3. The number of amides is 1. The molecule has 9 heteroatoms. The number of rotatable bonds is 6. The fourth-order valence-electron chi connectivity index (χ4n) is 2.48. The van der Waals surface area contributed by atoms with Crippen LogP contribution in [0.4, 0.5) is 18.9 Å². The van der Waals surface area contributed by atoms with Crippen molar-refractivity contribution in [2.75, 3.05) is 11.9 Å². The zero-order valence-electron chi connectivity index (χ0n) is 15.8. The van der Waals surface area contributed by atoms with Gasteiger partial charge in [-0.05, 0) is 55.0 Å². The summed E-state index contributed by atoms with van der Waals surface area (Å²) in [4.78, 5) is 28.1. The fraction of sp³-hybridized carbons (Fsp3) is 0.190. The minimum atomic E-state index is -4.44. The fourth-order valence-corrected chi connectivity index (χ4v) is 2.48. The van der Waals surface area contributed by atoms with Crippen LogP contribution in [0.2, 0.25) is 0 Å². The second-order valence-corrected chi connectivity index (χ2v) is 6.28. The van der Waals surface area contributed by atoms with Crippen LogP contribution in [-0.4, -0.2) is 23.5 Å². The standard InChI is InChI=1S/C21H17F3N2O4/c1-2-11-29-20(28)14-5-9-16(10-6-14)25-18(27)17-12-30-19(26-17)13-3-7-15(8-4-13)21(22,23)24/h3-10,12H,2,11H2,1H3,(H,25,27). The number of nitrogens with zero attached hydrogens (tertiary/aromatic N) is 1. The first-order valence-electron chi connectivity index (χ1n) is 8.99. The Bertz CT molecular complexity index is 1030. The van der Waals surface area contributed by atoms with E-state index in [-0.39, 0.29) is 11.6 Å². The van der Waals surface area contributed by atoms with Crippen LogP contribution in [0.15, 0.2) is 59.2 Å². The highest BCUT2D eigenvalue weighted by molar-refractivity contribution is 6.03. The number of anilines is 1. The van der Waals surface area contributed by atoms with Gasteiger partial charge in [0.2, 0.25) is 5.89 Å². The third kappa shape index (κ3) is 5.05. The van der Waals surface area contributed by atoms with Gasteiger partial charge in [-0.3, -0.25) is 4.79 Å². The summed E-state index contributed by atoms with van der Waals surface area (Å²) < 4.78 is 48.2. The molecule has 30 heavy (non-hydrogen) atoms. The van der Waals surface area contributed by atoms with Crippen molar-refractivity contribution in [2.24, 2.45) is 0 Å². The van der Waals surface area contributed by atoms with E-state index in [2.05, 4.69) is 10.3 Å². The van der Waals surface area contributed by atoms with Gasteiger partial charge in [-0.2, -0.15) is 13.2 Å². The van der Waals surface area contributed by atoms with Crippen LogP contribution in [0.5, 0.6) is 0 Å². The largest absolute Gasteiger partial charge is 0.462 e. The molecule has 1 amide bonds. The van der Waals surface area contributed by atoms with Gasteiger partial charge in [0.1, 0.15) is 6.26 Å². The third-order valence-corrected chi connectivity index (χ3v) is 4.01. The molecule has 1 aromatic heterocycles. The predicted octanol–water partition coefficient (Wildman–Crippen LogP) is 5.18. The predicted molar refractivity (Wildman–Crippen MR) is 102 cm³/mol. The van der Waals surface area contributed by atoms with Crippen molar-refractivity contribution in [1.82, 2.24) is 4.98 Å². The van der Waals surface area contributed by atoms with Crippen molar-refractivity contribution in [1.29, 1.82) is 0 Å². The first kappa shape index (κ1) is 21.1. The van der Waals surface area contributed by atoms with Crippen molar-refractivity contribution in [3.63, 3.8) is 0 Å². The number of aromatic nitrogens is 1. The molecular formula is C21H17F3N2O4. The number of carbonyl (C=O) groups excluding carboxylic acids is 2. The van der Waals surface area contributed by atoms with Crippen molar-refractivity contribution in [2.45, 2.75) is 19.5 Å². The molecule has 0 aliphatic carbocycles. The molecule has 0 aliphatic heterocycles. The molecule has 3 rings (SSSR count). The molecule has 2 aromatic carbocycles. The van der Waals surface area contributed by atoms with Crippen molar-refractivity contribution < 1.29 is 31.9 Å². The number of carbonyl (C=O) groups is 2. The van der Waals surface area contributed by atoms with Crippen LogP contribution in [0.1, 0.15) is 39.8 Å². The van der Waals surface area contributed by atoms with Gasteiger partial charge in [0.25, 0.3) is 5.91 Å². The molecule has 6 nitrogen and oxygen atoms in total. The Morgan fingerprint density at radius 3 is 2.33 bits per heavy atom. The second kappa shape index (κ2) is 8.81. The lowest BCUT2D eigenvalue weighted by atomic mass is 10.1. The van der Waals surface area contributed by atoms with Crippen LogP contribution in [-0.2, 0) is 10.9 Å². The monoisotopic (exact) mass is 418 g/mol. The molecule has 0 saturated carbocycles.